The minimum Gasteiger partial charge on any atom is -0.307 e. The lowest BCUT2D eigenvalue weighted by Crippen LogP contribution is -2.13. The van der Waals surface area contributed by atoms with E-state index in [4.69, 9.17) is 0 Å². The molecule has 3 aromatic heterocycles. The number of hydrogen-bond donors (Lipinski definition) is 1. The number of anilines is 1. The van der Waals surface area contributed by atoms with Crippen molar-refractivity contribution in [3.8, 4) is 0 Å². The van der Waals surface area contributed by atoms with Gasteiger partial charge in [0.15, 0.2) is 0 Å². The van der Waals surface area contributed by atoms with E-state index in [0.717, 1.165) is 5.69 Å². The molecule has 0 saturated carbocycles. The Morgan fingerprint density at radius 1 is 1.23 bits per heavy atom. The second-order valence-electron chi connectivity index (χ2n) is 4.53. The van der Waals surface area contributed by atoms with Crippen LogP contribution in [0.15, 0.2) is 60.2 Å². The minimum atomic E-state index is -0.210. The first-order chi connectivity index (χ1) is 10.8. The monoisotopic (exact) mass is 310 g/mol. The smallest absolute Gasteiger partial charge is 0.249 e. The van der Waals surface area contributed by atoms with E-state index in [2.05, 4.69) is 15.4 Å². The summed E-state index contributed by atoms with van der Waals surface area (Å²) >= 11 is 1.66. The Morgan fingerprint density at radius 3 is 2.95 bits per heavy atom. The van der Waals surface area contributed by atoms with E-state index in [0.29, 0.717) is 12.4 Å². The Morgan fingerprint density at radius 2 is 2.18 bits per heavy atom. The molecule has 22 heavy (non-hydrogen) atoms. The number of hydrogen-bond acceptors (Lipinski definition) is 4. The first-order valence-corrected chi connectivity index (χ1v) is 7.63. The molecule has 0 aromatic carbocycles. The number of aromatic nitrogens is 3. The molecular weight excluding hydrogens is 296 g/mol. The van der Waals surface area contributed by atoms with E-state index in [9.17, 15) is 4.79 Å². The molecule has 0 unspecified atom stereocenters. The van der Waals surface area contributed by atoms with Crippen LogP contribution in [0.2, 0.25) is 0 Å². The number of nitrogens with zero attached hydrogens (tertiary/aromatic N) is 3. The molecule has 5 nitrogen and oxygen atoms in total. The van der Waals surface area contributed by atoms with Crippen molar-refractivity contribution in [2.45, 2.75) is 6.54 Å². The van der Waals surface area contributed by atoms with Crippen LogP contribution in [0.4, 0.5) is 5.82 Å². The van der Waals surface area contributed by atoms with Gasteiger partial charge in [0, 0.05) is 23.2 Å². The largest absolute Gasteiger partial charge is 0.307 e. The molecule has 6 heteroatoms. The predicted octanol–water partition coefficient (Wildman–Crippen LogP) is 3.04. The van der Waals surface area contributed by atoms with Crippen molar-refractivity contribution in [3.05, 3.63) is 70.8 Å². The van der Waals surface area contributed by atoms with Crippen molar-refractivity contribution in [1.82, 2.24) is 14.8 Å². The Balaban J connectivity index is 1.65. The maximum absolute atomic E-state index is 12.0. The van der Waals surface area contributed by atoms with Gasteiger partial charge in [-0.25, -0.2) is 4.68 Å². The summed E-state index contributed by atoms with van der Waals surface area (Å²) in [5.41, 5.74) is 0.741. The second kappa shape index (κ2) is 6.82. The Bertz CT molecular complexity index is 763. The lowest BCUT2D eigenvalue weighted by Gasteiger charge is -2.06. The highest BCUT2D eigenvalue weighted by Crippen LogP contribution is 2.14. The van der Waals surface area contributed by atoms with Gasteiger partial charge in [-0.15, -0.1) is 11.3 Å². The quantitative estimate of drug-likeness (QED) is 0.737. The summed E-state index contributed by atoms with van der Waals surface area (Å²) in [6, 6.07) is 11.4. The SMILES string of the molecule is O=C(C=Cc1ccccn1)Nc1ccnn1Cc1cccs1. The molecule has 0 saturated heterocycles. The third-order valence-corrected chi connectivity index (χ3v) is 3.81. The van der Waals surface area contributed by atoms with Gasteiger partial charge in [0.05, 0.1) is 18.4 Å². The van der Waals surface area contributed by atoms with Crippen molar-refractivity contribution in [3.63, 3.8) is 0 Å². The summed E-state index contributed by atoms with van der Waals surface area (Å²) in [7, 11) is 0. The van der Waals surface area contributed by atoms with E-state index >= 15 is 0 Å². The molecule has 0 bridgehead atoms. The molecule has 1 N–H and O–H groups in total. The highest BCUT2D eigenvalue weighted by atomic mass is 32.1. The lowest BCUT2D eigenvalue weighted by atomic mass is 10.3. The summed E-state index contributed by atoms with van der Waals surface area (Å²) in [5.74, 6) is 0.461. The molecule has 0 fully saturated rings. The molecule has 3 heterocycles. The number of rotatable bonds is 5. The molecule has 0 aliphatic carbocycles. The summed E-state index contributed by atoms with van der Waals surface area (Å²) < 4.78 is 1.76. The van der Waals surface area contributed by atoms with E-state index in [-0.39, 0.29) is 5.91 Å². The zero-order valence-electron chi connectivity index (χ0n) is 11.7. The first-order valence-electron chi connectivity index (χ1n) is 6.75. The fraction of sp³-hybridized carbons (Fsp3) is 0.0625. The average Bonchev–Trinajstić information content (AvgIpc) is 3.20. The van der Waals surface area contributed by atoms with Crippen LogP contribution in [0.1, 0.15) is 10.6 Å². The molecule has 0 spiro atoms. The van der Waals surface area contributed by atoms with Crippen LogP contribution >= 0.6 is 11.3 Å². The van der Waals surface area contributed by atoms with Crippen LogP contribution < -0.4 is 5.32 Å². The van der Waals surface area contributed by atoms with E-state index in [1.165, 1.54) is 11.0 Å². The van der Waals surface area contributed by atoms with Crippen molar-refractivity contribution in [2.75, 3.05) is 5.32 Å². The third kappa shape index (κ3) is 3.67. The van der Waals surface area contributed by atoms with Gasteiger partial charge < -0.3 is 5.32 Å². The number of thiophene rings is 1. The molecule has 1 amide bonds. The number of amides is 1. The van der Waals surface area contributed by atoms with Crippen LogP contribution in [-0.2, 0) is 11.3 Å². The molecule has 0 atom stereocenters. The molecule has 110 valence electrons. The Labute approximate surface area is 131 Å². The first kappa shape index (κ1) is 14.2. The zero-order valence-corrected chi connectivity index (χ0v) is 12.5. The molecule has 3 rings (SSSR count). The lowest BCUT2D eigenvalue weighted by molar-refractivity contribution is -0.111. The van der Waals surface area contributed by atoms with Crippen LogP contribution in [0.3, 0.4) is 0 Å². The van der Waals surface area contributed by atoms with Crippen LogP contribution in [0.5, 0.6) is 0 Å². The van der Waals surface area contributed by atoms with Gasteiger partial charge in [-0.1, -0.05) is 12.1 Å². The van der Waals surface area contributed by atoms with Gasteiger partial charge in [0.1, 0.15) is 5.82 Å². The van der Waals surface area contributed by atoms with Crippen LogP contribution in [0.25, 0.3) is 6.08 Å². The molecule has 0 aliphatic heterocycles. The number of pyridine rings is 1. The summed E-state index contributed by atoms with van der Waals surface area (Å²) in [6.07, 6.45) is 6.50. The van der Waals surface area contributed by atoms with E-state index in [1.54, 1.807) is 40.6 Å². The molecule has 0 radical (unpaired) electrons. The maximum atomic E-state index is 12.0. The van der Waals surface area contributed by atoms with Crippen LogP contribution in [0, 0.1) is 0 Å². The number of carbonyl (C=O) groups is 1. The summed E-state index contributed by atoms with van der Waals surface area (Å²) in [4.78, 5) is 17.3. The molecule has 0 aliphatic rings. The normalized spacial score (nSPS) is 10.9. The van der Waals surface area contributed by atoms with Gasteiger partial charge >= 0.3 is 0 Å². The minimum absolute atomic E-state index is 0.210. The Kier molecular flexibility index (Phi) is 4.41. The summed E-state index contributed by atoms with van der Waals surface area (Å²) in [6.45, 7) is 0.643. The number of nitrogens with one attached hydrogen (secondary N) is 1. The van der Waals surface area contributed by atoms with Gasteiger partial charge in [-0.3, -0.25) is 9.78 Å². The van der Waals surface area contributed by atoms with Crippen LogP contribution in [-0.4, -0.2) is 20.7 Å². The highest BCUT2D eigenvalue weighted by molar-refractivity contribution is 7.09. The fourth-order valence-corrected chi connectivity index (χ4v) is 2.60. The van der Waals surface area contributed by atoms with Gasteiger partial charge in [-0.05, 0) is 29.7 Å². The average molecular weight is 310 g/mol. The van der Waals surface area contributed by atoms with Crippen molar-refractivity contribution >= 4 is 29.1 Å². The third-order valence-electron chi connectivity index (χ3n) is 2.95. The van der Waals surface area contributed by atoms with E-state index < -0.39 is 0 Å². The highest BCUT2D eigenvalue weighted by Gasteiger charge is 2.06. The molecular formula is C16H14N4OS. The zero-order chi connectivity index (χ0) is 15.2. The van der Waals surface area contributed by atoms with Gasteiger partial charge in [0.2, 0.25) is 5.91 Å². The van der Waals surface area contributed by atoms with Gasteiger partial charge in [0.25, 0.3) is 0 Å². The standard InChI is InChI=1S/C16H14N4OS/c21-16(7-6-13-4-1-2-9-17-13)19-15-8-10-18-20(15)12-14-5-3-11-22-14/h1-11H,12H2,(H,19,21). The topological polar surface area (TPSA) is 59.8 Å². The van der Waals surface area contributed by atoms with Crippen molar-refractivity contribution < 1.29 is 4.79 Å². The molecule has 3 aromatic rings. The summed E-state index contributed by atoms with van der Waals surface area (Å²) in [5, 5.41) is 9.08. The Hall–Kier alpha value is -2.73. The van der Waals surface area contributed by atoms with Crippen molar-refractivity contribution in [1.29, 1.82) is 0 Å². The fourth-order valence-electron chi connectivity index (χ4n) is 1.92. The number of carbonyl (C=O) groups excluding carboxylic acids is 1. The van der Waals surface area contributed by atoms with Crippen molar-refractivity contribution in [2.24, 2.45) is 0 Å². The second-order valence-corrected chi connectivity index (χ2v) is 5.56. The maximum Gasteiger partial charge on any atom is 0.249 e. The van der Waals surface area contributed by atoms with Gasteiger partial charge in [-0.2, -0.15) is 5.10 Å². The predicted molar refractivity (Wildman–Crippen MR) is 87.5 cm³/mol. The van der Waals surface area contributed by atoms with E-state index in [1.807, 2.05) is 35.7 Å².